The number of aryl methyl sites for hydroxylation is 1. The lowest BCUT2D eigenvalue weighted by Gasteiger charge is -2.32. The van der Waals surface area contributed by atoms with Crippen LogP contribution in [0.4, 0.5) is 0 Å². The Labute approximate surface area is 149 Å². The number of rotatable bonds is 8. The summed E-state index contributed by atoms with van der Waals surface area (Å²) in [6.07, 6.45) is 2.80. The van der Waals surface area contributed by atoms with Crippen molar-refractivity contribution in [2.24, 2.45) is 0 Å². The zero-order valence-corrected chi connectivity index (χ0v) is 15.1. The van der Waals surface area contributed by atoms with Crippen molar-refractivity contribution >= 4 is 11.8 Å². The highest BCUT2D eigenvalue weighted by atomic mass is 16.5. The lowest BCUT2D eigenvalue weighted by atomic mass is 10.0. The average molecular weight is 348 g/mol. The fraction of sp³-hybridized carbons (Fsp3) is 0.579. The molecule has 1 saturated heterocycles. The number of nitrogens with zero attached hydrogens (tertiary/aromatic N) is 1. The molecule has 0 aromatic heterocycles. The van der Waals surface area contributed by atoms with Gasteiger partial charge >= 0.3 is 0 Å². The van der Waals surface area contributed by atoms with Crippen LogP contribution >= 0.6 is 0 Å². The molecule has 2 amide bonds. The second-order valence-electron chi connectivity index (χ2n) is 6.22. The van der Waals surface area contributed by atoms with Crippen LogP contribution in [0.25, 0.3) is 0 Å². The van der Waals surface area contributed by atoms with Gasteiger partial charge in [0.1, 0.15) is 5.75 Å². The largest absolute Gasteiger partial charge is 0.483 e. The van der Waals surface area contributed by atoms with Gasteiger partial charge in [0.15, 0.2) is 6.61 Å². The first-order chi connectivity index (χ1) is 12.1. The maximum absolute atomic E-state index is 12.3. The van der Waals surface area contributed by atoms with E-state index in [1.54, 1.807) is 7.11 Å². The molecule has 1 aliphatic heterocycles. The Balaban J connectivity index is 1.73. The van der Waals surface area contributed by atoms with Gasteiger partial charge in [0.2, 0.25) is 5.91 Å². The van der Waals surface area contributed by atoms with E-state index in [2.05, 4.69) is 12.2 Å². The summed E-state index contributed by atoms with van der Waals surface area (Å²) in [6, 6.07) is 7.93. The highest BCUT2D eigenvalue weighted by Crippen LogP contribution is 2.18. The predicted octanol–water partition coefficient (Wildman–Crippen LogP) is 1.77. The lowest BCUT2D eigenvalue weighted by molar-refractivity contribution is -0.134. The van der Waals surface area contributed by atoms with E-state index in [9.17, 15) is 9.59 Å². The number of para-hydroxylation sites is 1. The molecule has 0 unspecified atom stereocenters. The van der Waals surface area contributed by atoms with Gasteiger partial charge in [0.25, 0.3) is 5.91 Å². The smallest absolute Gasteiger partial charge is 0.260 e. The van der Waals surface area contributed by atoms with Crippen molar-refractivity contribution in [2.45, 2.75) is 38.6 Å². The van der Waals surface area contributed by atoms with Crippen molar-refractivity contribution in [1.82, 2.24) is 10.2 Å². The summed E-state index contributed by atoms with van der Waals surface area (Å²) >= 11 is 0. The number of ether oxygens (including phenoxy) is 2. The summed E-state index contributed by atoms with van der Waals surface area (Å²) in [4.78, 5) is 25.9. The van der Waals surface area contributed by atoms with Crippen LogP contribution in [0.1, 0.15) is 31.7 Å². The zero-order valence-electron chi connectivity index (χ0n) is 15.1. The minimum Gasteiger partial charge on any atom is -0.483 e. The van der Waals surface area contributed by atoms with E-state index in [0.29, 0.717) is 26.1 Å². The fourth-order valence-electron chi connectivity index (χ4n) is 2.94. The number of nitrogens with one attached hydrogen (secondary N) is 1. The summed E-state index contributed by atoms with van der Waals surface area (Å²) in [5, 5.41) is 3.00. The number of amides is 2. The first-order valence-electron chi connectivity index (χ1n) is 8.90. The molecule has 0 atom stereocenters. The molecule has 0 radical (unpaired) electrons. The minimum atomic E-state index is -0.00457. The molecular formula is C19H28N2O4. The maximum Gasteiger partial charge on any atom is 0.260 e. The summed E-state index contributed by atoms with van der Waals surface area (Å²) < 4.78 is 10.6. The van der Waals surface area contributed by atoms with E-state index < -0.39 is 0 Å². The van der Waals surface area contributed by atoms with E-state index in [4.69, 9.17) is 9.47 Å². The molecular weight excluding hydrogens is 320 g/mol. The van der Waals surface area contributed by atoms with Crippen LogP contribution in [-0.2, 0) is 20.7 Å². The number of carbonyl (C=O) groups is 2. The van der Waals surface area contributed by atoms with Gasteiger partial charge in [-0.05, 0) is 30.9 Å². The molecule has 1 aromatic carbocycles. The van der Waals surface area contributed by atoms with Crippen molar-refractivity contribution in [1.29, 1.82) is 0 Å². The average Bonchev–Trinajstić information content (AvgIpc) is 2.65. The second-order valence-corrected chi connectivity index (χ2v) is 6.22. The van der Waals surface area contributed by atoms with Crippen LogP contribution in [-0.4, -0.2) is 56.2 Å². The Kier molecular flexibility index (Phi) is 7.73. The van der Waals surface area contributed by atoms with E-state index in [1.807, 2.05) is 29.2 Å². The standard InChI is InChI=1S/C19H28N2O4/c1-3-15-6-4-5-7-17(15)25-14-19(23)21-11-8-16(9-12-21)20-18(22)10-13-24-2/h4-7,16H,3,8-14H2,1-2H3,(H,20,22). The number of methoxy groups -OCH3 is 1. The van der Waals surface area contributed by atoms with Gasteiger partial charge in [0, 0.05) is 32.7 Å². The number of carbonyl (C=O) groups excluding carboxylic acids is 2. The van der Waals surface area contributed by atoms with Crippen molar-refractivity contribution in [3.63, 3.8) is 0 Å². The van der Waals surface area contributed by atoms with Crippen LogP contribution < -0.4 is 10.1 Å². The predicted molar refractivity (Wildman–Crippen MR) is 95.6 cm³/mol. The van der Waals surface area contributed by atoms with Crippen molar-refractivity contribution in [3.05, 3.63) is 29.8 Å². The summed E-state index contributed by atoms with van der Waals surface area (Å²) in [5.74, 6) is 0.778. The summed E-state index contributed by atoms with van der Waals surface area (Å²) in [6.45, 7) is 3.84. The maximum atomic E-state index is 12.3. The Bertz CT molecular complexity index is 568. The SMILES string of the molecule is CCc1ccccc1OCC(=O)N1CCC(NC(=O)CCOC)CC1. The van der Waals surface area contributed by atoms with Crippen LogP contribution in [0.5, 0.6) is 5.75 Å². The van der Waals surface area contributed by atoms with Gasteiger partial charge in [0.05, 0.1) is 6.61 Å². The molecule has 1 aromatic rings. The van der Waals surface area contributed by atoms with E-state index >= 15 is 0 Å². The molecule has 0 bridgehead atoms. The molecule has 1 fully saturated rings. The van der Waals surface area contributed by atoms with E-state index in [-0.39, 0.29) is 24.5 Å². The third kappa shape index (κ3) is 6.05. The van der Waals surface area contributed by atoms with Crippen LogP contribution in [0.3, 0.4) is 0 Å². The number of benzene rings is 1. The summed E-state index contributed by atoms with van der Waals surface area (Å²) in [5.41, 5.74) is 1.10. The van der Waals surface area contributed by atoms with Gasteiger partial charge in [-0.1, -0.05) is 25.1 Å². The Morgan fingerprint density at radius 2 is 1.96 bits per heavy atom. The monoisotopic (exact) mass is 348 g/mol. The highest BCUT2D eigenvalue weighted by molar-refractivity contribution is 5.78. The second kappa shape index (κ2) is 10.0. The molecule has 1 heterocycles. The van der Waals surface area contributed by atoms with E-state index in [1.165, 1.54) is 0 Å². The van der Waals surface area contributed by atoms with E-state index in [0.717, 1.165) is 30.6 Å². The van der Waals surface area contributed by atoms with Gasteiger partial charge in [-0.2, -0.15) is 0 Å². The number of hydrogen-bond donors (Lipinski definition) is 1. The van der Waals surface area contributed by atoms with Crippen LogP contribution in [0, 0.1) is 0 Å². The molecule has 1 N–H and O–H groups in total. The molecule has 6 heteroatoms. The lowest BCUT2D eigenvalue weighted by Crippen LogP contribution is -2.47. The fourth-order valence-corrected chi connectivity index (χ4v) is 2.94. The zero-order chi connectivity index (χ0) is 18.1. The normalized spacial score (nSPS) is 15.0. The van der Waals surface area contributed by atoms with Crippen molar-refractivity contribution < 1.29 is 19.1 Å². The number of hydrogen-bond acceptors (Lipinski definition) is 4. The third-order valence-corrected chi connectivity index (χ3v) is 4.45. The highest BCUT2D eigenvalue weighted by Gasteiger charge is 2.24. The van der Waals surface area contributed by atoms with Gasteiger partial charge in [-0.3, -0.25) is 9.59 Å². The Morgan fingerprint density at radius 3 is 2.64 bits per heavy atom. The van der Waals surface area contributed by atoms with Gasteiger partial charge < -0.3 is 19.7 Å². The number of likely N-dealkylation sites (tertiary alicyclic amines) is 1. The van der Waals surface area contributed by atoms with Crippen molar-refractivity contribution in [2.75, 3.05) is 33.4 Å². The first-order valence-corrected chi connectivity index (χ1v) is 8.90. The molecule has 0 aliphatic carbocycles. The molecule has 2 rings (SSSR count). The van der Waals surface area contributed by atoms with Gasteiger partial charge in [-0.15, -0.1) is 0 Å². The van der Waals surface area contributed by atoms with Crippen molar-refractivity contribution in [3.8, 4) is 5.75 Å². The Morgan fingerprint density at radius 1 is 1.24 bits per heavy atom. The van der Waals surface area contributed by atoms with Crippen LogP contribution in [0.15, 0.2) is 24.3 Å². The van der Waals surface area contributed by atoms with Gasteiger partial charge in [-0.25, -0.2) is 0 Å². The molecule has 6 nitrogen and oxygen atoms in total. The quantitative estimate of drug-likeness (QED) is 0.777. The first kappa shape index (κ1) is 19.2. The number of piperidine rings is 1. The van der Waals surface area contributed by atoms with Crippen LogP contribution in [0.2, 0.25) is 0 Å². The Hall–Kier alpha value is -2.08. The molecule has 138 valence electrons. The topological polar surface area (TPSA) is 67.9 Å². The molecule has 25 heavy (non-hydrogen) atoms. The molecule has 0 saturated carbocycles. The minimum absolute atomic E-state index is 0.00457. The summed E-state index contributed by atoms with van der Waals surface area (Å²) in [7, 11) is 1.58. The molecule has 0 spiro atoms. The molecule has 1 aliphatic rings. The third-order valence-electron chi connectivity index (χ3n) is 4.45.